The molecule has 80 valence electrons. The van der Waals surface area contributed by atoms with E-state index in [0.29, 0.717) is 12.8 Å². The Kier molecular flexibility index (Phi) is 4.23. The zero-order chi connectivity index (χ0) is 11.1. The smallest absolute Gasteiger partial charge is 0.170 e. The van der Waals surface area contributed by atoms with Crippen LogP contribution in [0.3, 0.4) is 0 Å². The predicted molar refractivity (Wildman–Crippen MR) is 53.2 cm³/mol. The summed E-state index contributed by atoms with van der Waals surface area (Å²) in [5.74, 6) is 4.64. The van der Waals surface area contributed by atoms with Gasteiger partial charge in [-0.15, -0.1) is 5.92 Å². The van der Waals surface area contributed by atoms with E-state index in [4.69, 9.17) is 0 Å². The molecule has 0 unspecified atom stereocenters. The van der Waals surface area contributed by atoms with E-state index in [1.54, 1.807) is 0 Å². The van der Waals surface area contributed by atoms with Crippen LogP contribution in [0.1, 0.15) is 18.4 Å². The van der Waals surface area contributed by atoms with E-state index in [0.717, 1.165) is 5.56 Å². The van der Waals surface area contributed by atoms with Crippen molar-refractivity contribution < 1.29 is 13.2 Å². The molecule has 3 heteroatoms. The summed E-state index contributed by atoms with van der Waals surface area (Å²) >= 11 is 0. The third-order valence-corrected chi connectivity index (χ3v) is 1.80. The van der Waals surface area contributed by atoms with E-state index in [9.17, 15) is 13.2 Å². The summed E-state index contributed by atoms with van der Waals surface area (Å²) in [6, 6.07) is 9.58. The third kappa shape index (κ3) is 5.79. The molecular weight excluding hydrogens is 201 g/mol. The average Bonchev–Trinajstić information content (AvgIpc) is 2.17. The zero-order valence-corrected chi connectivity index (χ0v) is 8.14. The van der Waals surface area contributed by atoms with E-state index in [1.165, 1.54) is 0 Å². The predicted octanol–water partition coefficient (Wildman–Crippen LogP) is 3.58. The minimum absolute atomic E-state index is 0.472. The molecule has 0 amide bonds. The highest BCUT2D eigenvalue weighted by Crippen LogP contribution is 2.18. The molecule has 0 aliphatic rings. The lowest BCUT2D eigenvalue weighted by atomic mass is 10.1. The van der Waals surface area contributed by atoms with Crippen molar-refractivity contribution in [1.29, 1.82) is 0 Å². The summed E-state index contributed by atoms with van der Waals surface area (Å²) < 4.78 is 35.1. The van der Waals surface area contributed by atoms with Crippen molar-refractivity contribution in [3.05, 3.63) is 35.9 Å². The molecule has 0 saturated carbocycles. The molecule has 0 heterocycles. The van der Waals surface area contributed by atoms with Gasteiger partial charge in [0.25, 0.3) is 0 Å². The number of benzene rings is 1. The van der Waals surface area contributed by atoms with Gasteiger partial charge in [-0.3, -0.25) is 0 Å². The first-order chi connectivity index (χ1) is 7.08. The molecule has 0 saturated heterocycles. The standard InChI is InChI=1S/C12H11F3/c13-12(14,15)10-6-2-5-9-11-7-3-1-4-8-11/h1,3-4,7-8H,5,9-10H2. The highest BCUT2D eigenvalue weighted by Gasteiger charge is 2.24. The maximum Gasteiger partial charge on any atom is 0.399 e. The van der Waals surface area contributed by atoms with Gasteiger partial charge in [0.15, 0.2) is 0 Å². The van der Waals surface area contributed by atoms with Crippen LogP contribution >= 0.6 is 0 Å². The molecule has 0 aromatic heterocycles. The van der Waals surface area contributed by atoms with Crippen molar-refractivity contribution in [3.8, 4) is 11.8 Å². The van der Waals surface area contributed by atoms with Crippen LogP contribution < -0.4 is 0 Å². The van der Waals surface area contributed by atoms with Gasteiger partial charge in [0.2, 0.25) is 0 Å². The minimum Gasteiger partial charge on any atom is -0.170 e. The molecular formula is C12H11F3. The molecule has 15 heavy (non-hydrogen) atoms. The fraction of sp³-hybridized carbons (Fsp3) is 0.333. The molecule has 0 bridgehead atoms. The van der Waals surface area contributed by atoms with Crippen molar-refractivity contribution in [3.63, 3.8) is 0 Å². The number of halogens is 3. The average molecular weight is 212 g/mol. The Hall–Kier alpha value is -1.43. The van der Waals surface area contributed by atoms with Gasteiger partial charge in [-0.2, -0.15) is 13.2 Å². The van der Waals surface area contributed by atoms with Crippen molar-refractivity contribution in [2.75, 3.05) is 0 Å². The summed E-state index contributed by atoms with van der Waals surface area (Å²) in [6.07, 6.45) is -4.01. The summed E-state index contributed by atoms with van der Waals surface area (Å²) in [5, 5.41) is 0. The number of hydrogen-bond acceptors (Lipinski definition) is 0. The fourth-order valence-corrected chi connectivity index (χ4v) is 1.10. The first-order valence-corrected chi connectivity index (χ1v) is 4.64. The molecule has 0 fully saturated rings. The molecule has 0 N–H and O–H groups in total. The minimum atomic E-state index is -4.17. The van der Waals surface area contributed by atoms with Crippen LogP contribution in [0.25, 0.3) is 0 Å². The van der Waals surface area contributed by atoms with Gasteiger partial charge in [0.05, 0.1) is 0 Å². The number of rotatable bonds is 2. The van der Waals surface area contributed by atoms with Crippen molar-refractivity contribution in [2.45, 2.75) is 25.4 Å². The van der Waals surface area contributed by atoms with Gasteiger partial charge in [-0.25, -0.2) is 0 Å². The monoisotopic (exact) mass is 212 g/mol. The number of hydrogen-bond donors (Lipinski definition) is 0. The second-order valence-electron chi connectivity index (χ2n) is 3.13. The van der Waals surface area contributed by atoms with Crippen LogP contribution in [0.4, 0.5) is 13.2 Å². The summed E-state index contributed by atoms with van der Waals surface area (Å²) in [5.41, 5.74) is 1.10. The molecule has 1 rings (SSSR count). The van der Waals surface area contributed by atoms with Gasteiger partial charge in [-0.1, -0.05) is 36.3 Å². The lowest BCUT2D eigenvalue weighted by molar-refractivity contribution is -0.123. The Balaban J connectivity index is 2.28. The largest absolute Gasteiger partial charge is 0.399 e. The second-order valence-corrected chi connectivity index (χ2v) is 3.13. The number of aryl methyl sites for hydroxylation is 1. The van der Waals surface area contributed by atoms with E-state index >= 15 is 0 Å². The highest BCUT2D eigenvalue weighted by molar-refractivity contribution is 5.16. The van der Waals surface area contributed by atoms with Gasteiger partial charge < -0.3 is 0 Å². The van der Waals surface area contributed by atoms with E-state index in [1.807, 2.05) is 30.3 Å². The van der Waals surface area contributed by atoms with E-state index in [-0.39, 0.29) is 0 Å². The first-order valence-electron chi connectivity index (χ1n) is 4.64. The number of alkyl halides is 3. The van der Waals surface area contributed by atoms with Crippen LogP contribution in [-0.2, 0) is 6.42 Å². The van der Waals surface area contributed by atoms with Crippen LogP contribution in [0.15, 0.2) is 30.3 Å². The Morgan fingerprint density at radius 1 is 1.00 bits per heavy atom. The molecule has 0 aliphatic heterocycles. The quantitative estimate of drug-likeness (QED) is 0.657. The van der Waals surface area contributed by atoms with Gasteiger partial charge >= 0.3 is 6.18 Å². The topological polar surface area (TPSA) is 0 Å². The lowest BCUT2D eigenvalue weighted by Gasteiger charge is -1.98. The van der Waals surface area contributed by atoms with E-state index in [2.05, 4.69) is 11.8 Å². The van der Waals surface area contributed by atoms with Gasteiger partial charge in [-0.05, 0) is 12.0 Å². The first kappa shape index (κ1) is 11.6. The van der Waals surface area contributed by atoms with Crippen LogP contribution in [-0.4, -0.2) is 6.18 Å². The van der Waals surface area contributed by atoms with Crippen LogP contribution in [0.5, 0.6) is 0 Å². The van der Waals surface area contributed by atoms with Crippen molar-refractivity contribution in [2.24, 2.45) is 0 Å². The van der Waals surface area contributed by atoms with Crippen LogP contribution in [0, 0.1) is 11.8 Å². The molecule has 1 aromatic rings. The lowest BCUT2D eigenvalue weighted by Crippen LogP contribution is -2.04. The van der Waals surface area contributed by atoms with Gasteiger partial charge in [0, 0.05) is 6.42 Å². The highest BCUT2D eigenvalue weighted by atomic mass is 19.4. The van der Waals surface area contributed by atoms with Crippen LogP contribution in [0.2, 0.25) is 0 Å². The van der Waals surface area contributed by atoms with E-state index < -0.39 is 12.6 Å². The Labute approximate surface area is 87.1 Å². The molecule has 1 aromatic carbocycles. The molecule has 0 aliphatic carbocycles. The normalized spacial score (nSPS) is 10.6. The summed E-state index contributed by atoms with van der Waals surface area (Å²) in [7, 11) is 0. The van der Waals surface area contributed by atoms with Crippen molar-refractivity contribution >= 4 is 0 Å². The third-order valence-electron chi connectivity index (χ3n) is 1.80. The zero-order valence-electron chi connectivity index (χ0n) is 8.14. The Bertz CT molecular complexity index is 341. The van der Waals surface area contributed by atoms with Crippen molar-refractivity contribution in [1.82, 2.24) is 0 Å². The maximum atomic E-state index is 11.7. The second kappa shape index (κ2) is 5.45. The molecule has 0 radical (unpaired) electrons. The Morgan fingerprint density at radius 2 is 1.67 bits per heavy atom. The Morgan fingerprint density at radius 3 is 2.27 bits per heavy atom. The molecule has 0 spiro atoms. The molecule has 0 nitrogen and oxygen atoms in total. The fourth-order valence-electron chi connectivity index (χ4n) is 1.10. The summed E-state index contributed by atoms with van der Waals surface area (Å²) in [6.45, 7) is 0. The van der Waals surface area contributed by atoms with Gasteiger partial charge in [0.1, 0.15) is 6.42 Å². The maximum absolute atomic E-state index is 11.7. The SMILES string of the molecule is FC(F)(F)CC#CCCc1ccccc1. The molecule has 0 atom stereocenters. The summed E-state index contributed by atoms with van der Waals surface area (Å²) in [4.78, 5) is 0.